The van der Waals surface area contributed by atoms with Crippen molar-refractivity contribution in [3.63, 3.8) is 0 Å². The standard InChI is InChI=1S/C30H18Br2N2/c31-19-9-15-25-26-16-10-20(32)18-30(26)34(29(25)17-19)22-13-11-21(12-14-22)33-27-7-3-1-5-23(27)24-6-2-4-8-28(24)33/h1-18H. The second-order valence-corrected chi connectivity index (χ2v) is 10.4. The van der Waals surface area contributed by atoms with Crippen molar-refractivity contribution >= 4 is 75.5 Å². The zero-order valence-electron chi connectivity index (χ0n) is 18.0. The van der Waals surface area contributed by atoms with Crippen LogP contribution in [0.15, 0.2) is 118 Å². The molecule has 0 aliphatic heterocycles. The van der Waals surface area contributed by atoms with Gasteiger partial charge in [-0.05, 0) is 60.7 Å². The molecule has 0 saturated heterocycles. The molecule has 0 bridgehead atoms. The van der Waals surface area contributed by atoms with Gasteiger partial charge in [-0.25, -0.2) is 0 Å². The van der Waals surface area contributed by atoms with Gasteiger partial charge in [-0.15, -0.1) is 0 Å². The molecular weight excluding hydrogens is 548 g/mol. The highest BCUT2D eigenvalue weighted by atomic mass is 79.9. The number of aromatic nitrogens is 2. The Kier molecular flexibility index (Phi) is 4.48. The summed E-state index contributed by atoms with van der Waals surface area (Å²) in [5.74, 6) is 0. The van der Waals surface area contributed by atoms with Gasteiger partial charge in [0.15, 0.2) is 0 Å². The van der Waals surface area contributed by atoms with Gasteiger partial charge in [-0.3, -0.25) is 0 Å². The van der Waals surface area contributed by atoms with E-state index in [0.717, 1.165) is 20.3 Å². The van der Waals surface area contributed by atoms with E-state index in [1.54, 1.807) is 0 Å². The van der Waals surface area contributed by atoms with Crippen molar-refractivity contribution < 1.29 is 0 Å². The Morgan fingerprint density at radius 2 is 0.765 bits per heavy atom. The first kappa shape index (κ1) is 20.1. The van der Waals surface area contributed by atoms with Crippen molar-refractivity contribution in [1.29, 1.82) is 0 Å². The van der Waals surface area contributed by atoms with Gasteiger partial charge in [0.1, 0.15) is 0 Å². The summed E-state index contributed by atoms with van der Waals surface area (Å²) < 4.78 is 6.85. The molecule has 0 spiro atoms. The molecule has 2 heterocycles. The third kappa shape index (κ3) is 2.92. The monoisotopic (exact) mass is 564 g/mol. The number of fused-ring (bicyclic) bond motifs is 6. The second kappa shape index (κ2) is 7.59. The minimum absolute atomic E-state index is 1.07. The molecule has 34 heavy (non-hydrogen) atoms. The molecule has 0 fully saturated rings. The molecule has 7 rings (SSSR count). The van der Waals surface area contributed by atoms with Crippen molar-refractivity contribution in [1.82, 2.24) is 9.13 Å². The first-order valence-corrected chi connectivity index (χ1v) is 12.8. The van der Waals surface area contributed by atoms with Crippen LogP contribution in [0.25, 0.3) is 55.0 Å². The number of benzene rings is 5. The summed E-state index contributed by atoms with van der Waals surface area (Å²) >= 11 is 7.34. The Bertz CT molecular complexity index is 1760. The van der Waals surface area contributed by atoms with E-state index in [1.165, 1.54) is 43.6 Å². The molecule has 0 aliphatic carbocycles. The predicted molar refractivity (Wildman–Crippen MR) is 151 cm³/mol. The summed E-state index contributed by atoms with van der Waals surface area (Å²) in [6.07, 6.45) is 0. The Balaban J connectivity index is 1.47. The lowest BCUT2D eigenvalue weighted by Crippen LogP contribution is -1.97. The summed E-state index contributed by atoms with van der Waals surface area (Å²) in [4.78, 5) is 0. The van der Waals surface area contributed by atoms with Crippen LogP contribution in [0.1, 0.15) is 0 Å². The minimum Gasteiger partial charge on any atom is -0.309 e. The highest BCUT2D eigenvalue weighted by molar-refractivity contribution is 9.10. The quantitative estimate of drug-likeness (QED) is 0.197. The van der Waals surface area contributed by atoms with Crippen LogP contribution in [-0.4, -0.2) is 9.13 Å². The van der Waals surface area contributed by atoms with Crippen molar-refractivity contribution in [2.24, 2.45) is 0 Å². The molecule has 0 saturated carbocycles. The van der Waals surface area contributed by atoms with E-state index in [1.807, 2.05) is 0 Å². The van der Waals surface area contributed by atoms with Crippen LogP contribution in [0.4, 0.5) is 0 Å². The lowest BCUT2D eigenvalue weighted by Gasteiger charge is -2.12. The van der Waals surface area contributed by atoms with E-state index in [0.29, 0.717) is 0 Å². The predicted octanol–water partition coefficient (Wildman–Crippen LogP) is 9.41. The Hall–Kier alpha value is -3.34. The zero-order chi connectivity index (χ0) is 22.8. The number of hydrogen-bond donors (Lipinski definition) is 0. The van der Waals surface area contributed by atoms with E-state index in [4.69, 9.17) is 0 Å². The van der Waals surface area contributed by atoms with Gasteiger partial charge in [0.25, 0.3) is 0 Å². The lowest BCUT2D eigenvalue weighted by molar-refractivity contribution is 1.14. The van der Waals surface area contributed by atoms with Gasteiger partial charge >= 0.3 is 0 Å². The zero-order valence-corrected chi connectivity index (χ0v) is 21.2. The molecule has 7 aromatic rings. The van der Waals surface area contributed by atoms with Crippen molar-refractivity contribution in [2.45, 2.75) is 0 Å². The Morgan fingerprint density at radius 1 is 0.382 bits per heavy atom. The van der Waals surface area contributed by atoms with Crippen molar-refractivity contribution in [3.05, 3.63) is 118 Å². The first-order valence-electron chi connectivity index (χ1n) is 11.2. The van der Waals surface area contributed by atoms with Gasteiger partial charge in [0.2, 0.25) is 0 Å². The highest BCUT2D eigenvalue weighted by Crippen LogP contribution is 2.36. The van der Waals surface area contributed by atoms with Crippen LogP contribution in [0.2, 0.25) is 0 Å². The van der Waals surface area contributed by atoms with Gasteiger partial charge in [-0.1, -0.05) is 80.4 Å². The molecule has 0 amide bonds. The first-order chi connectivity index (χ1) is 16.7. The maximum absolute atomic E-state index is 3.67. The SMILES string of the molecule is Brc1ccc2c3ccc(Br)cc3n(-c3ccc(-n4c5ccccc5c5ccccc54)cc3)c2c1. The average Bonchev–Trinajstić information content (AvgIpc) is 3.36. The molecule has 2 aromatic heterocycles. The van der Waals surface area contributed by atoms with Crippen molar-refractivity contribution in [3.8, 4) is 11.4 Å². The van der Waals surface area contributed by atoms with Crippen molar-refractivity contribution in [2.75, 3.05) is 0 Å². The van der Waals surface area contributed by atoms with Crippen LogP contribution >= 0.6 is 31.9 Å². The normalized spacial score (nSPS) is 11.8. The van der Waals surface area contributed by atoms with Gasteiger partial charge < -0.3 is 9.13 Å². The van der Waals surface area contributed by atoms with Crippen LogP contribution in [0, 0.1) is 0 Å². The smallest absolute Gasteiger partial charge is 0.0552 e. The molecule has 0 unspecified atom stereocenters. The van der Waals surface area contributed by atoms with E-state index in [9.17, 15) is 0 Å². The summed E-state index contributed by atoms with van der Waals surface area (Å²) in [5.41, 5.74) is 7.12. The van der Waals surface area contributed by atoms with E-state index in [-0.39, 0.29) is 0 Å². The molecule has 162 valence electrons. The number of halogens is 2. The van der Waals surface area contributed by atoms with Crippen LogP contribution in [0.3, 0.4) is 0 Å². The van der Waals surface area contributed by atoms with Crippen LogP contribution in [0.5, 0.6) is 0 Å². The van der Waals surface area contributed by atoms with Crippen LogP contribution < -0.4 is 0 Å². The summed E-state index contributed by atoms with van der Waals surface area (Å²) in [5, 5.41) is 5.05. The van der Waals surface area contributed by atoms with E-state index >= 15 is 0 Å². The van der Waals surface area contributed by atoms with Crippen LogP contribution in [-0.2, 0) is 0 Å². The van der Waals surface area contributed by atoms with E-state index < -0.39 is 0 Å². The van der Waals surface area contributed by atoms with Gasteiger partial charge in [-0.2, -0.15) is 0 Å². The second-order valence-electron chi connectivity index (χ2n) is 8.54. The molecule has 2 nitrogen and oxygen atoms in total. The maximum atomic E-state index is 3.67. The lowest BCUT2D eigenvalue weighted by atomic mass is 10.2. The third-order valence-electron chi connectivity index (χ3n) is 6.64. The summed E-state index contributed by atoms with van der Waals surface area (Å²) in [6, 6.07) is 39.2. The number of para-hydroxylation sites is 2. The molecular formula is C30H18Br2N2. The molecule has 0 aliphatic rings. The fraction of sp³-hybridized carbons (Fsp3) is 0. The third-order valence-corrected chi connectivity index (χ3v) is 7.62. The molecule has 4 heteroatoms. The van der Waals surface area contributed by atoms with Gasteiger partial charge in [0, 0.05) is 41.9 Å². The van der Waals surface area contributed by atoms with Gasteiger partial charge in [0.05, 0.1) is 22.1 Å². The molecule has 0 N–H and O–H groups in total. The highest BCUT2D eigenvalue weighted by Gasteiger charge is 2.15. The Labute approximate surface area is 213 Å². The minimum atomic E-state index is 1.07. The number of rotatable bonds is 2. The average molecular weight is 566 g/mol. The Morgan fingerprint density at radius 3 is 1.24 bits per heavy atom. The number of hydrogen-bond acceptors (Lipinski definition) is 0. The summed E-state index contributed by atoms with van der Waals surface area (Å²) in [6.45, 7) is 0. The van der Waals surface area contributed by atoms with E-state index in [2.05, 4.69) is 150 Å². The summed E-state index contributed by atoms with van der Waals surface area (Å²) in [7, 11) is 0. The largest absolute Gasteiger partial charge is 0.309 e. The molecule has 0 radical (unpaired) electrons. The number of nitrogens with zero attached hydrogens (tertiary/aromatic N) is 2. The fourth-order valence-electron chi connectivity index (χ4n) is 5.19. The maximum Gasteiger partial charge on any atom is 0.0552 e. The molecule has 0 atom stereocenters. The molecule has 5 aromatic carbocycles. The topological polar surface area (TPSA) is 9.86 Å². The fourth-order valence-corrected chi connectivity index (χ4v) is 5.89.